The van der Waals surface area contributed by atoms with E-state index in [9.17, 15) is 0 Å². The predicted molar refractivity (Wildman–Crippen MR) is 77.8 cm³/mol. The van der Waals surface area contributed by atoms with Crippen molar-refractivity contribution in [3.63, 3.8) is 0 Å². The van der Waals surface area contributed by atoms with Gasteiger partial charge in [-0.3, -0.25) is 0 Å². The van der Waals surface area contributed by atoms with Crippen LogP contribution in [0.2, 0.25) is 0 Å². The summed E-state index contributed by atoms with van der Waals surface area (Å²) in [6.45, 7) is 8.67. The van der Waals surface area contributed by atoms with Crippen molar-refractivity contribution < 1.29 is 4.74 Å². The van der Waals surface area contributed by atoms with Crippen LogP contribution in [0, 0.1) is 0 Å². The molecular weight excluding hydrogens is 224 g/mol. The summed E-state index contributed by atoms with van der Waals surface area (Å²) in [6, 6.07) is 0.904. The second-order valence-corrected chi connectivity index (χ2v) is 6.12. The Labute approximate surface area is 113 Å². The van der Waals surface area contributed by atoms with Gasteiger partial charge in [-0.1, -0.05) is 26.2 Å². The zero-order valence-corrected chi connectivity index (χ0v) is 12.7. The van der Waals surface area contributed by atoms with Crippen molar-refractivity contribution in [3.05, 3.63) is 0 Å². The highest BCUT2D eigenvalue weighted by atomic mass is 16.5. The lowest BCUT2D eigenvalue weighted by Gasteiger charge is -2.36. The lowest BCUT2D eigenvalue weighted by Crippen LogP contribution is -2.47. The summed E-state index contributed by atoms with van der Waals surface area (Å²) in [5.74, 6) is 0. The quantitative estimate of drug-likeness (QED) is 0.761. The summed E-state index contributed by atoms with van der Waals surface area (Å²) >= 11 is 0. The third-order valence-corrected chi connectivity index (χ3v) is 4.64. The molecule has 2 N–H and O–H groups in total. The van der Waals surface area contributed by atoms with Crippen LogP contribution in [0.25, 0.3) is 0 Å². The largest absolute Gasteiger partial charge is 0.377 e. The number of hydrogen-bond donors (Lipinski definition) is 1. The normalized spacial score (nSPS) is 20.3. The van der Waals surface area contributed by atoms with Crippen LogP contribution in [0.15, 0.2) is 0 Å². The molecule has 1 fully saturated rings. The Balaban J connectivity index is 2.39. The van der Waals surface area contributed by atoms with E-state index in [-0.39, 0.29) is 11.6 Å². The van der Waals surface area contributed by atoms with Gasteiger partial charge in [0, 0.05) is 19.2 Å². The number of nitrogens with two attached hydrogens (primary N) is 1. The Bertz CT molecular complexity index is 225. The molecule has 3 nitrogen and oxygen atoms in total. The van der Waals surface area contributed by atoms with Crippen molar-refractivity contribution in [2.24, 2.45) is 5.73 Å². The molecule has 1 aliphatic carbocycles. The number of nitrogens with zero attached hydrogens (tertiary/aromatic N) is 1. The van der Waals surface area contributed by atoms with Crippen LogP contribution in [0.3, 0.4) is 0 Å². The van der Waals surface area contributed by atoms with Gasteiger partial charge < -0.3 is 15.4 Å². The molecule has 1 saturated carbocycles. The molecule has 18 heavy (non-hydrogen) atoms. The fraction of sp³-hybridized carbons (Fsp3) is 1.00. The van der Waals surface area contributed by atoms with Gasteiger partial charge in [-0.2, -0.15) is 0 Å². The molecule has 1 rings (SSSR count). The summed E-state index contributed by atoms with van der Waals surface area (Å²) in [5.41, 5.74) is 6.03. The van der Waals surface area contributed by atoms with Crippen LogP contribution in [-0.2, 0) is 4.74 Å². The summed E-state index contributed by atoms with van der Waals surface area (Å²) in [7, 11) is 1.75. The first-order chi connectivity index (χ1) is 8.51. The highest BCUT2D eigenvalue weighted by Crippen LogP contribution is 2.23. The summed E-state index contributed by atoms with van der Waals surface area (Å²) < 4.78 is 5.47. The van der Waals surface area contributed by atoms with Gasteiger partial charge in [-0.05, 0) is 46.2 Å². The first-order valence-corrected chi connectivity index (χ1v) is 7.56. The van der Waals surface area contributed by atoms with Crippen LogP contribution in [-0.4, -0.2) is 42.8 Å². The van der Waals surface area contributed by atoms with Crippen molar-refractivity contribution in [1.29, 1.82) is 0 Å². The van der Waals surface area contributed by atoms with Crippen molar-refractivity contribution in [2.75, 3.05) is 20.2 Å². The van der Waals surface area contributed by atoms with E-state index >= 15 is 0 Å². The monoisotopic (exact) mass is 256 g/mol. The molecular formula is C15H32N2O. The molecule has 0 spiro atoms. The fourth-order valence-corrected chi connectivity index (χ4v) is 2.85. The van der Waals surface area contributed by atoms with E-state index in [0.29, 0.717) is 0 Å². The van der Waals surface area contributed by atoms with E-state index in [4.69, 9.17) is 10.5 Å². The number of methoxy groups -OCH3 is 1. The van der Waals surface area contributed by atoms with Crippen molar-refractivity contribution in [1.82, 2.24) is 4.90 Å². The fourth-order valence-electron chi connectivity index (χ4n) is 2.85. The van der Waals surface area contributed by atoms with Crippen molar-refractivity contribution in [2.45, 2.75) is 77.0 Å². The highest BCUT2D eigenvalue weighted by molar-refractivity contribution is 4.84. The van der Waals surface area contributed by atoms with E-state index in [1.165, 1.54) is 32.1 Å². The highest BCUT2D eigenvalue weighted by Gasteiger charge is 2.27. The molecule has 0 heterocycles. The molecule has 1 unspecified atom stereocenters. The Morgan fingerprint density at radius 1 is 1.28 bits per heavy atom. The van der Waals surface area contributed by atoms with Gasteiger partial charge in [0.25, 0.3) is 0 Å². The van der Waals surface area contributed by atoms with Gasteiger partial charge in [0.05, 0.1) is 5.60 Å². The maximum absolute atomic E-state index is 6.24. The Morgan fingerprint density at radius 3 is 2.39 bits per heavy atom. The average molecular weight is 256 g/mol. The molecule has 0 bridgehead atoms. The van der Waals surface area contributed by atoms with Gasteiger partial charge in [0.2, 0.25) is 0 Å². The smallest absolute Gasteiger partial charge is 0.0773 e. The van der Waals surface area contributed by atoms with E-state index < -0.39 is 0 Å². The Kier molecular flexibility index (Phi) is 6.61. The molecule has 0 aromatic heterocycles. The molecule has 0 amide bonds. The standard InChI is InChI=1S/C15H32N2O/c1-5-17(13-9-7-6-8-10-13)12-11-14(16)15(2,3)18-4/h13-14H,5-12,16H2,1-4H3. The molecule has 0 aliphatic heterocycles. The number of hydrogen-bond acceptors (Lipinski definition) is 3. The minimum atomic E-state index is -0.216. The van der Waals surface area contributed by atoms with E-state index in [1.807, 2.05) is 0 Å². The second-order valence-electron chi connectivity index (χ2n) is 6.12. The lowest BCUT2D eigenvalue weighted by atomic mass is 9.92. The molecule has 1 atom stereocenters. The average Bonchev–Trinajstić information content (AvgIpc) is 2.40. The summed E-state index contributed by atoms with van der Waals surface area (Å²) in [5, 5.41) is 0. The maximum Gasteiger partial charge on any atom is 0.0773 e. The van der Waals surface area contributed by atoms with E-state index in [1.54, 1.807) is 7.11 Å². The summed E-state index contributed by atoms with van der Waals surface area (Å²) in [6.07, 6.45) is 7.98. The summed E-state index contributed by atoms with van der Waals surface area (Å²) in [4.78, 5) is 2.62. The zero-order valence-electron chi connectivity index (χ0n) is 12.7. The van der Waals surface area contributed by atoms with Crippen LogP contribution < -0.4 is 5.73 Å². The molecule has 0 aromatic carbocycles. The van der Waals surface area contributed by atoms with Gasteiger partial charge in [0.15, 0.2) is 0 Å². The predicted octanol–water partition coefficient (Wildman–Crippen LogP) is 2.78. The SMILES string of the molecule is CCN(CCC(N)C(C)(C)OC)C1CCCCC1. The lowest BCUT2D eigenvalue weighted by molar-refractivity contribution is -0.00511. The second kappa shape index (κ2) is 7.46. The first kappa shape index (κ1) is 15.9. The number of ether oxygens (including phenoxy) is 1. The van der Waals surface area contributed by atoms with Crippen LogP contribution >= 0.6 is 0 Å². The Morgan fingerprint density at radius 2 is 1.89 bits per heavy atom. The molecule has 3 heteroatoms. The molecule has 0 saturated heterocycles. The zero-order chi connectivity index (χ0) is 13.6. The minimum Gasteiger partial charge on any atom is -0.377 e. The van der Waals surface area contributed by atoms with Gasteiger partial charge in [0.1, 0.15) is 0 Å². The van der Waals surface area contributed by atoms with Gasteiger partial charge >= 0.3 is 0 Å². The van der Waals surface area contributed by atoms with E-state index in [2.05, 4.69) is 25.7 Å². The first-order valence-electron chi connectivity index (χ1n) is 7.56. The van der Waals surface area contributed by atoms with Crippen LogP contribution in [0.4, 0.5) is 0 Å². The number of rotatable bonds is 7. The molecule has 0 radical (unpaired) electrons. The topological polar surface area (TPSA) is 38.5 Å². The maximum atomic E-state index is 6.24. The molecule has 0 aromatic rings. The molecule has 108 valence electrons. The molecule has 1 aliphatic rings. The third kappa shape index (κ3) is 4.52. The van der Waals surface area contributed by atoms with E-state index in [0.717, 1.165) is 25.6 Å². The van der Waals surface area contributed by atoms with Gasteiger partial charge in [-0.15, -0.1) is 0 Å². The van der Waals surface area contributed by atoms with Crippen molar-refractivity contribution in [3.8, 4) is 0 Å². The van der Waals surface area contributed by atoms with Crippen LogP contribution in [0.1, 0.15) is 59.3 Å². The minimum absolute atomic E-state index is 0.111. The van der Waals surface area contributed by atoms with Crippen LogP contribution in [0.5, 0.6) is 0 Å². The van der Waals surface area contributed by atoms with Crippen molar-refractivity contribution >= 4 is 0 Å². The Hall–Kier alpha value is -0.120. The third-order valence-electron chi connectivity index (χ3n) is 4.64. The van der Waals surface area contributed by atoms with Gasteiger partial charge in [-0.25, -0.2) is 0 Å².